The zero-order valence-corrected chi connectivity index (χ0v) is 22.9. The summed E-state index contributed by atoms with van der Waals surface area (Å²) in [5.41, 5.74) is 3.46. The molecule has 0 saturated carbocycles. The lowest BCUT2D eigenvalue weighted by molar-refractivity contribution is 0.0641. The molecule has 206 valence electrons. The third-order valence-electron chi connectivity index (χ3n) is 6.89. The van der Waals surface area contributed by atoms with E-state index in [1.807, 2.05) is 36.4 Å². The average Bonchev–Trinajstić information content (AvgIpc) is 3.18. The molecule has 0 radical (unpaired) electrons. The minimum atomic E-state index is -1.14. The molecule has 0 aliphatic carbocycles. The molecule has 0 saturated heterocycles. The second-order valence-corrected chi connectivity index (χ2v) is 10.8. The summed E-state index contributed by atoms with van der Waals surface area (Å²) in [5.74, 6) is -1.12. The minimum Gasteiger partial charge on any atom is -0.465 e. The lowest BCUT2D eigenvalue weighted by Gasteiger charge is -2.34. The molecule has 0 atom stereocenters. The van der Waals surface area contributed by atoms with Gasteiger partial charge < -0.3 is 10.4 Å². The first-order valence-electron chi connectivity index (χ1n) is 13.1. The monoisotopic (exact) mass is 547 g/mol. The number of carbonyl (C=O) groups is 4. The fourth-order valence-corrected chi connectivity index (χ4v) is 4.91. The van der Waals surface area contributed by atoms with Crippen LogP contribution in [0.3, 0.4) is 0 Å². The van der Waals surface area contributed by atoms with Gasteiger partial charge in [0.15, 0.2) is 0 Å². The van der Waals surface area contributed by atoms with Crippen LogP contribution in [0, 0.1) is 0 Å². The molecule has 8 nitrogen and oxygen atoms in total. The SMILES string of the molecule is CC(C)(C)N(C(=O)O)c1ccc(-c2ccccc2)cc1NC(=O)c1ccc(CN2C(=O)c3ccccc3C2=O)cc1. The summed E-state index contributed by atoms with van der Waals surface area (Å²) in [6, 6.07) is 28.2. The first-order chi connectivity index (χ1) is 19.5. The summed E-state index contributed by atoms with van der Waals surface area (Å²) in [6.45, 7) is 5.43. The van der Waals surface area contributed by atoms with Crippen LogP contribution in [0.25, 0.3) is 11.1 Å². The number of rotatable bonds is 6. The normalized spacial score (nSPS) is 12.7. The maximum atomic E-state index is 13.4. The predicted octanol–water partition coefficient (Wildman–Crippen LogP) is 6.69. The fourth-order valence-electron chi connectivity index (χ4n) is 4.91. The number of amides is 4. The van der Waals surface area contributed by atoms with Crippen molar-refractivity contribution in [3.8, 4) is 11.1 Å². The van der Waals surface area contributed by atoms with Crippen molar-refractivity contribution in [2.75, 3.05) is 10.2 Å². The van der Waals surface area contributed by atoms with E-state index in [4.69, 9.17) is 0 Å². The minimum absolute atomic E-state index is 0.0800. The number of fused-ring (bicyclic) bond motifs is 1. The van der Waals surface area contributed by atoms with Crippen molar-refractivity contribution in [1.29, 1.82) is 0 Å². The van der Waals surface area contributed by atoms with Gasteiger partial charge in [-0.2, -0.15) is 0 Å². The molecular formula is C33H29N3O5. The summed E-state index contributed by atoms with van der Waals surface area (Å²) >= 11 is 0. The van der Waals surface area contributed by atoms with Crippen LogP contribution in [0.4, 0.5) is 16.2 Å². The van der Waals surface area contributed by atoms with Gasteiger partial charge >= 0.3 is 6.09 Å². The Hall–Kier alpha value is -5.24. The molecular weight excluding hydrogens is 518 g/mol. The van der Waals surface area contributed by atoms with Crippen LogP contribution in [-0.4, -0.2) is 39.4 Å². The van der Waals surface area contributed by atoms with E-state index >= 15 is 0 Å². The molecule has 0 bridgehead atoms. The Kier molecular flexibility index (Phi) is 7.15. The van der Waals surface area contributed by atoms with E-state index in [0.717, 1.165) is 11.1 Å². The van der Waals surface area contributed by atoms with E-state index in [2.05, 4.69) is 5.32 Å². The summed E-state index contributed by atoms with van der Waals surface area (Å²) in [7, 11) is 0. The largest absolute Gasteiger partial charge is 0.465 e. The van der Waals surface area contributed by atoms with Crippen molar-refractivity contribution in [3.05, 3.63) is 119 Å². The molecule has 1 heterocycles. The number of hydrogen-bond donors (Lipinski definition) is 2. The van der Waals surface area contributed by atoms with Gasteiger partial charge in [-0.1, -0.05) is 60.7 Å². The molecule has 4 aromatic rings. The predicted molar refractivity (Wildman–Crippen MR) is 157 cm³/mol. The molecule has 0 fully saturated rings. The van der Waals surface area contributed by atoms with Crippen LogP contribution in [0.5, 0.6) is 0 Å². The second kappa shape index (κ2) is 10.7. The lowest BCUT2D eigenvalue weighted by Crippen LogP contribution is -2.45. The summed E-state index contributed by atoms with van der Waals surface area (Å²) in [6.07, 6.45) is -1.14. The van der Waals surface area contributed by atoms with E-state index in [9.17, 15) is 24.3 Å². The standard InChI is InChI=1S/C33H29N3O5/c1-33(2,3)36(32(40)41)28-18-17-24(22-9-5-4-6-10-22)19-27(28)34-29(37)23-15-13-21(14-16-23)20-35-30(38)25-11-7-8-12-26(25)31(35)39/h4-19H,20H2,1-3H3,(H,34,37)(H,40,41). The third-order valence-corrected chi connectivity index (χ3v) is 6.89. The highest BCUT2D eigenvalue weighted by molar-refractivity contribution is 6.21. The lowest BCUT2D eigenvalue weighted by atomic mass is 10.0. The molecule has 0 unspecified atom stereocenters. The molecule has 2 N–H and O–H groups in total. The number of anilines is 2. The number of nitrogens with one attached hydrogen (secondary N) is 1. The molecule has 8 heteroatoms. The Labute approximate surface area is 237 Å². The number of nitrogens with zero attached hydrogens (tertiary/aromatic N) is 2. The van der Waals surface area contributed by atoms with E-state index in [0.29, 0.717) is 33.6 Å². The summed E-state index contributed by atoms with van der Waals surface area (Å²) in [5, 5.41) is 12.9. The number of hydrogen-bond acceptors (Lipinski definition) is 4. The third kappa shape index (κ3) is 5.45. The summed E-state index contributed by atoms with van der Waals surface area (Å²) in [4.78, 5) is 53.5. The smallest absolute Gasteiger partial charge is 0.412 e. The van der Waals surface area contributed by atoms with Crippen LogP contribution in [0.15, 0.2) is 97.1 Å². The first kappa shape index (κ1) is 27.3. The Bertz CT molecular complexity index is 1620. The van der Waals surface area contributed by atoms with Crippen molar-refractivity contribution in [1.82, 2.24) is 4.90 Å². The number of carbonyl (C=O) groups excluding carboxylic acids is 3. The van der Waals surface area contributed by atoms with Gasteiger partial charge in [0.1, 0.15) is 0 Å². The van der Waals surface area contributed by atoms with Gasteiger partial charge in [-0.25, -0.2) is 4.79 Å². The Morgan fingerprint density at radius 3 is 1.93 bits per heavy atom. The quantitative estimate of drug-likeness (QED) is 0.262. The van der Waals surface area contributed by atoms with Gasteiger partial charge in [-0.15, -0.1) is 0 Å². The molecule has 1 aliphatic rings. The van der Waals surface area contributed by atoms with Gasteiger partial charge in [0, 0.05) is 11.1 Å². The summed E-state index contributed by atoms with van der Waals surface area (Å²) < 4.78 is 0. The average molecular weight is 548 g/mol. The van der Waals surface area contributed by atoms with E-state index in [1.54, 1.807) is 81.4 Å². The van der Waals surface area contributed by atoms with Crippen molar-refractivity contribution in [2.24, 2.45) is 0 Å². The maximum Gasteiger partial charge on any atom is 0.412 e. The number of carboxylic acid groups (broad SMARTS) is 1. The Morgan fingerprint density at radius 2 is 1.37 bits per heavy atom. The highest BCUT2D eigenvalue weighted by atomic mass is 16.4. The van der Waals surface area contributed by atoms with E-state index in [1.165, 1.54) is 9.80 Å². The number of benzene rings is 4. The molecule has 41 heavy (non-hydrogen) atoms. The molecule has 0 aromatic heterocycles. The number of imide groups is 1. The zero-order chi connectivity index (χ0) is 29.3. The maximum absolute atomic E-state index is 13.4. The van der Waals surface area contributed by atoms with Crippen molar-refractivity contribution in [2.45, 2.75) is 32.9 Å². The highest BCUT2D eigenvalue weighted by Crippen LogP contribution is 2.35. The van der Waals surface area contributed by atoms with Gasteiger partial charge in [0.2, 0.25) is 0 Å². The van der Waals surface area contributed by atoms with Crippen LogP contribution < -0.4 is 10.2 Å². The van der Waals surface area contributed by atoms with Crippen molar-refractivity contribution in [3.63, 3.8) is 0 Å². The topological polar surface area (TPSA) is 107 Å². The Balaban J connectivity index is 1.40. The van der Waals surface area contributed by atoms with E-state index in [-0.39, 0.29) is 18.4 Å². The van der Waals surface area contributed by atoms with Crippen molar-refractivity contribution >= 4 is 35.2 Å². The molecule has 5 rings (SSSR count). The second-order valence-electron chi connectivity index (χ2n) is 10.8. The molecule has 4 aromatic carbocycles. The highest BCUT2D eigenvalue weighted by Gasteiger charge is 2.35. The fraction of sp³-hybridized carbons (Fsp3) is 0.152. The molecule has 4 amide bonds. The molecule has 0 spiro atoms. The van der Waals surface area contributed by atoms with Crippen LogP contribution in [-0.2, 0) is 6.54 Å². The zero-order valence-electron chi connectivity index (χ0n) is 22.9. The van der Waals surface area contributed by atoms with Gasteiger partial charge in [-0.3, -0.25) is 24.2 Å². The van der Waals surface area contributed by atoms with Gasteiger partial charge in [0.25, 0.3) is 17.7 Å². The van der Waals surface area contributed by atoms with Crippen LogP contribution in [0.2, 0.25) is 0 Å². The first-order valence-corrected chi connectivity index (χ1v) is 13.1. The van der Waals surface area contributed by atoms with Crippen LogP contribution >= 0.6 is 0 Å². The molecule has 1 aliphatic heterocycles. The Morgan fingerprint density at radius 1 is 0.780 bits per heavy atom. The van der Waals surface area contributed by atoms with E-state index < -0.39 is 17.5 Å². The van der Waals surface area contributed by atoms with Crippen molar-refractivity contribution < 1.29 is 24.3 Å². The van der Waals surface area contributed by atoms with Gasteiger partial charge in [-0.05, 0) is 73.9 Å². The van der Waals surface area contributed by atoms with Gasteiger partial charge in [0.05, 0.1) is 29.0 Å². The van der Waals surface area contributed by atoms with Crippen LogP contribution in [0.1, 0.15) is 57.4 Å².